The van der Waals surface area contributed by atoms with Crippen LogP contribution in [0.2, 0.25) is 0 Å². The molecule has 2 heterocycles. The van der Waals surface area contributed by atoms with E-state index < -0.39 is 0 Å². The zero-order chi connectivity index (χ0) is 16.4. The number of amides is 1. The smallest absolute Gasteiger partial charge is 0.254 e. The Morgan fingerprint density at radius 3 is 2.42 bits per heavy atom. The molecule has 4 heteroatoms. The fourth-order valence-electron chi connectivity index (χ4n) is 4.51. The number of hydrogen-bond donors (Lipinski definition) is 0. The maximum atomic E-state index is 13.1. The van der Waals surface area contributed by atoms with Crippen LogP contribution < -0.4 is 0 Å². The second-order valence-corrected chi connectivity index (χ2v) is 10.0. The molecule has 0 aromatic heterocycles. The van der Waals surface area contributed by atoms with Crippen molar-refractivity contribution >= 4 is 29.4 Å². The van der Waals surface area contributed by atoms with Gasteiger partial charge in [0.2, 0.25) is 0 Å². The van der Waals surface area contributed by atoms with Gasteiger partial charge in [0, 0.05) is 18.2 Å². The van der Waals surface area contributed by atoms with Crippen molar-refractivity contribution in [2.75, 3.05) is 18.1 Å². The average Bonchev–Trinajstić information content (AvgIpc) is 2.68. The summed E-state index contributed by atoms with van der Waals surface area (Å²) in [7, 11) is 0. The summed E-state index contributed by atoms with van der Waals surface area (Å²) in [5.41, 5.74) is 2.26. The van der Waals surface area contributed by atoms with Gasteiger partial charge >= 0.3 is 0 Å². The van der Waals surface area contributed by atoms with Crippen LogP contribution in [0.5, 0.6) is 0 Å². The minimum absolute atomic E-state index is 0.266. The largest absolute Gasteiger partial charge is 0.335 e. The molecule has 2 nitrogen and oxygen atoms in total. The van der Waals surface area contributed by atoms with Crippen LogP contribution in [-0.4, -0.2) is 34.9 Å². The Kier molecular flexibility index (Phi) is 5.43. The number of carbonyl (C=O) groups excluding carboxylic acids is 1. The molecule has 0 N–H and O–H groups in total. The lowest BCUT2D eigenvalue weighted by molar-refractivity contribution is 0.0390. The van der Waals surface area contributed by atoms with Gasteiger partial charge < -0.3 is 4.90 Å². The molecular formula is C20H27NOS2. The first-order chi connectivity index (χ1) is 11.8. The summed E-state index contributed by atoms with van der Waals surface area (Å²) in [6.45, 7) is 0.954. The molecule has 24 heavy (non-hydrogen) atoms. The van der Waals surface area contributed by atoms with E-state index in [1.54, 1.807) is 0 Å². The van der Waals surface area contributed by atoms with Crippen LogP contribution in [0.3, 0.4) is 0 Å². The van der Waals surface area contributed by atoms with E-state index >= 15 is 0 Å². The molecule has 1 aromatic rings. The summed E-state index contributed by atoms with van der Waals surface area (Å²) >= 11 is 4.08. The first kappa shape index (κ1) is 16.8. The summed E-state index contributed by atoms with van der Waals surface area (Å²) in [5.74, 6) is 3.54. The van der Waals surface area contributed by atoms with Crippen LogP contribution in [0.25, 0.3) is 0 Å². The average molecular weight is 362 g/mol. The Balaban J connectivity index is 1.47. The van der Waals surface area contributed by atoms with Crippen molar-refractivity contribution in [3.05, 3.63) is 35.4 Å². The van der Waals surface area contributed by atoms with Gasteiger partial charge in [0.1, 0.15) is 0 Å². The van der Waals surface area contributed by atoms with Gasteiger partial charge in [0.15, 0.2) is 0 Å². The van der Waals surface area contributed by atoms with Gasteiger partial charge in [-0.05, 0) is 67.2 Å². The highest BCUT2D eigenvalue weighted by molar-refractivity contribution is 8.16. The molecule has 2 saturated heterocycles. The second-order valence-electron chi connectivity index (χ2n) is 7.30. The fourth-order valence-corrected chi connectivity index (χ4v) is 7.40. The Morgan fingerprint density at radius 1 is 0.917 bits per heavy atom. The Hall–Kier alpha value is -0.610. The highest BCUT2D eigenvalue weighted by atomic mass is 32.2. The molecule has 1 aromatic carbocycles. The fraction of sp³-hybridized carbons (Fsp3) is 0.650. The molecule has 0 spiro atoms. The van der Waals surface area contributed by atoms with Crippen molar-refractivity contribution in [2.24, 2.45) is 5.92 Å². The minimum atomic E-state index is 0.266. The van der Waals surface area contributed by atoms with E-state index in [1.165, 1.54) is 62.0 Å². The van der Waals surface area contributed by atoms with Crippen molar-refractivity contribution in [2.45, 2.75) is 55.6 Å². The third-order valence-electron chi connectivity index (χ3n) is 5.76. The number of rotatable bonds is 2. The molecule has 2 unspecified atom stereocenters. The Morgan fingerprint density at radius 2 is 1.62 bits per heavy atom. The number of thioether (sulfide) groups is 2. The number of hydrogen-bond acceptors (Lipinski definition) is 3. The van der Waals surface area contributed by atoms with Gasteiger partial charge in [0.25, 0.3) is 5.91 Å². The maximum absolute atomic E-state index is 13.1. The third kappa shape index (κ3) is 3.50. The molecule has 2 aliphatic heterocycles. The SMILES string of the molecule is O=C(c1ccc(C2SCCCS2)cc1)N1CCCC2CCCCC21. The van der Waals surface area contributed by atoms with Gasteiger partial charge in [-0.15, -0.1) is 23.5 Å². The topological polar surface area (TPSA) is 20.3 Å². The van der Waals surface area contributed by atoms with Crippen LogP contribution in [-0.2, 0) is 0 Å². The lowest BCUT2D eigenvalue weighted by atomic mass is 9.78. The van der Waals surface area contributed by atoms with Crippen LogP contribution in [0.15, 0.2) is 24.3 Å². The molecular weight excluding hydrogens is 334 g/mol. The number of carbonyl (C=O) groups is 1. The highest BCUT2D eigenvalue weighted by Crippen LogP contribution is 2.43. The van der Waals surface area contributed by atoms with E-state index in [1.807, 2.05) is 23.5 Å². The zero-order valence-electron chi connectivity index (χ0n) is 14.3. The van der Waals surface area contributed by atoms with Crippen LogP contribution in [0, 0.1) is 5.92 Å². The summed E-state index contributed by atoms with van der Waals surface area (Å²) in [6, 6.07) is 9.01. The second kappa shape index (κ2) is 7.74. The lowest BCUT2D eigenvalue weighted by Crippen LogP contribution is -2.49. The van der Waals surface area contributed by atoms with E-state index in [2.05, 4.69) is 29.2 Å². The van der Waals surface area contributed by atoms with Gasteiger partial charge in [-0.3, -0.25) is 4.79 Å². The molecule has 130 valence electrons. The van der Waals surface area contributed by atoms with E-state index in [0.29, 0.717) is 10.6 Å². The molecule has 0 bridgehead atoms. The summed E-state index contributed by atoms with van der Waals surface area (Å²) in [5, 5.41) is 0. The molecule has 2 atom stereocenters. The van der Waals surface area contributed by atoms with Gasteiger partial charge in [0.05, 0.1) is 4.58 Å². The summed E-state index contributed by atoms with van der Waals surface area (Å²) in [4.78, 5) is 15.3. The molecule has 1 saturated carbocycles. The maximum Gasteiger partial charge on any atom is 0.254 e. The zero-order valence-corrected chi connectivity index (χ0v) is 15.9. The van der Waals surface area contributed by atoms with Gasteiger partial charge in [-0.1, -0.05) is 25.0 Å². The highest BCUT2D eigenvalue weighted by Gasteiger charge is 2.35. The minimum Gasteiger partial charge on any atom is -0.335 e. The lowest BCUT2D eigenvalue weighted by Gasteiger charge is -2.44. The third-order valence-corrected chi connectivity index (χ3v) is 8.78. The number of nitrogens with zero attached hydrogens (tertiary/aromatic N) is 1. The molecule has 3 aliphatic rings. The number of piperidine rings is 1. The van der Waals surface area contributed by atoms with Crippen molar-refractivity contribution < 1.29 is 4.79 Å². The number of benzene rings is 1. The summed E-state index contributed by atoms with van der Waals surface area (Å²) in [6.07, 6.45) is 9.01. The van der Waals surface area contributed by atoms with Crippen molar-refractivity contribution in [3.8, 4) is 0 Å². The molecule has 1 amide bonds. The van der Waals surface area contributed by atoms with Crippen molar-refractivity contribution in [1.29, 1.82) is 0 Å². The quantitative estimate of drug-likeness (QED) is 0.708. The van der Waals surface area contributed by atoms with Crippen molar-refractivity contribution in [1.82, 2.24) is 4.90 Å². The van der Waals surface area contributed by atoms with E-state index in [-0.39, 0.29) is 5.91 Å². The van der Waals surface area contributed by atoms with Crippen LogP contribution in [0.1, 0.15) is 65.4 Å². The standard InChI is InChI=1S/C20H27NOS2/c22-19(21-12-3-6-15-5-1-2-7-18(15)21)16-8-10-17(11-9-16)20-23-13-4-14-24-20/h8-11,15,18,20H,1-7,12-14H2. The van der Waals surface area contributed by atoms with Crippen LogP contribution >= 0.6 is 23.5 Å². The van der Waals surface area contributed by atoms with Crippen molar-refractivity contribution in [3.63, 3.8) is 0 Å². The molecule has 1 aliphatic carbocycles. The Labute approximate surface area is 154 Å². The van der Waals surface area contributed by atoms with E-state index in [0.717, 1.165) is 18.0 Å². The normalized spacial score (nSPS) is 28.4. The monoisotopic (exact) mass is 361 g/mol. The van der Waals surface area contributed by atoms with E-state index in [4.69, 9.17) is 0 Å². The van der Waals surface area contributed by atoms with E-state index in [9.17, 15) is 4.79 Å². The predicted molar refractivity (Wildman–Crippen MR) is 105 cm³/mol. The molecule has 4 rings (SSSR count). The number of likely N-dealkylation sites (tertiary alicyclic amines) is 1. The Bertz CT molecular complexity index is 566. The van der Waals surface area contributed by atoms with Crippen LogP contribution in [0.4, 0.5) is 0 Å². The van der Waals surface area contributed by atoms with Gasteiger partial charge in [-0.2, -0.15) is 0 Å². The first-order valence-electron chi connectivity index (χ1n) is 9.47. The molecule has 0 radical (unpaired) electrons. The first-order valence-corrected chi connectivity index (χ1v) is 11.6. The number of fused-ring (bicyclic) bond motifs is 1. The van der Waals surface area contributed by atoms with Gasteiger partial charge in [-0.25, -0.2) is 0 Å². The summed E-state index contributed by atoms with van der Waals surface area (Å²) < 4.78 is 0.556. The molecule has 3 fully saturated rings. The predicted octanol–water partition coefficient (Wildman–Crippen LogP) is 5.35.